The lowest BCUT2D eigenvalue weighted by Crippen LogP contribution is -2.18. The van der Waals surface area contributed by atoms with Crippen LogP contribution in [0.1, 0.15) is 13.3 Å². The monoisotopic (exact) mass is 212 g/mol. The van der Waals surface area contributed by atoms with Crippen LogP contribution in [0.25, 0.3) is 0 Å². The first-order valence-electron chi connectivity index (χ1n) is 4.59. The van der Waals surface area contributed by atoms with Gasteiger partial charge in [-0.1, -0.05) is 38.6 Å². The molecular formula is C11H17ClSi. The summed E-state index contributed by atoms with van der Waals surface area (Å²) in [5, 5.41) is 0. The number of rotatable bonds is 1. The zero-order valence-corrected chi connectivity index (χ0v) is 10.6. The largest absolute Gasteiger partial charge is 0.130 e. The Morgan fingerprint density at radius 3 is 2.31 bits per heavy atom. The van der Waals surface area contributed by atoms with E-state index >= 15 is 0 Å². The maximum atomic E-state index is 6.34. The van der Waals surface area contributed by atoms with E-state index < -0.39 is 8.07 Å². The Bertz CT molecular complexity index is 291. The van der Waals surface area contributed by atoms with Crippen molar-refractivity contribution in [2.24, 2.45) is 5.41 Å². The fraction of sp³-hybridized carbons (Fsp3) is 0.636. The van der Waals surface area contributed by atoms with E-state index in [4.69, 9.17) is 11.6 Å². The third kappa shape index (κ3) is 2.18. The van der Waals surface area contributed by atoms with Crippen LogP contribution >= 0.6 is 11.6 Å². The second kappa shape index (κ2) is 2.90. The molecule has 1 aliphatic rings. The molecule has 0 radical (unpaired) electrons. The molecule has 1 rings (SSSR count). The van der Waals surface area contributed by atoms with Crippen molar-refractivity contribution in [3.8, 4) is 11.5 Å². The summed E-state index contributed by atoms with van der Waals surface area (Å²) in [4.78, 5) is -0.310. The predicted octanol–water partition coefficient (Wildman–Crippen LogP) is 3.44. The summed E-state index contributed by atoms with van der Waals surface area (Å²) in [6.45, 7) is 12.6. The molecule has 0 saturated heterocycles. The summed E-state index contributed by atoms with van der Waals surface area (Å²) in [5.41, 5.74) is 3.37. The molecule has 1 fully saturated rings. The van der Waals surface area contributed by atoms with Crippen molar-refractivity contribution in [1.29, 1.82) is 0 Å². The molecule has 2 unspecified atom stereocenters. The molecule has 72 valence electrons. The minimum Gasteiger partial charge on any atom is -0.130 e. The molecule has 0 aromatic heterocycles. The van der Waals surface area contributed by atoms with Gasteiger partial charge in [0.1, 0.15) is 12.9 Å². The first kappa shape index (κ1) is 10.9. The highest BCUT2D eigenvalue weighted by Crippen LogP contribution is 2.61. The smallest absolute Gasteiger partial charge is 0.129 e. The van der Waals surface area contributed by atoms with Crippen LogP contribution in [0.3, 0.4) is 0 Å². The van der Waals surface area contributed by atoms with Gasteiger partial charge in [-0.25, -0.2) is 0 Å². The number of hydrogen-bond acceptors (Lipinski definition) is 0. The van der Waals surface area contributed by atoms with Crippen molar-refractivity contribution >= 4 is 19.7 Å². The molecule has 2 heteroatoms. The molecule has 0 aromatic carbocycles. The minimum atomic E-state index is -1.28. The second-order valence-corrected chi connectivity index (χ2v) is 10.5. The number of halogens is 1. The van der Waals surface area contributed by atoms with Crippen LogP contribution < -0.4 is 0 Å². The molecule has 0 spiro atoms. The SMILES string of the molecule is C=CC1(C)CC1(Cl)C#C[Si](C)(C)C. The van der Waals surface area contributed by atoms with Gasteiger partial charge >= 0.3 is 0 Å². The summed E-state index contributed by atoms with van der Waals surface area (Å²) in [7, 11) is -1.28. The van der Waals surface area contributed by atoms with E-state index in [9.17, 15) is 0 Å². The van der Waals surface area contributed by atoms with Gasteiger partial charge in [-0.2, -0.15) is 0 Å². The van der Waals surface area contributed by atoms with Crippen molar-refractivity contribution in [2.75, 3.05) is 0 Å². The van der Waals surface area contributed by atoms with Gasteiger partial charge in [0, 0.05) is 5.41 Å². The van der Waals surface area contributed by atoms with Crippen LogP contribution in [0.4, 0.5) is 0 Å². The Kier molecular flexibility index (Phi) is 2.43. The van der Waals surface area contributed by atoms with Gasteiger partial charge in [-0.05, 0) is 6.42 Å². The quantitative estimate of drug-likeness (QED) is 0.270. The summed E-state index contributed by atoms with van der Waals surface area (Å²) in [6.07, 6.45) is 2.88. The zero-order chi connectivity index (χ0) is 10.3. The summed E-state index contributed by atoms with van der Waals surface area (Å²) < 4.78 is 0. The first-order valence-corrected chi connectivity index (χ1v) is 8.47. The number of hydrogen-bond donors (Lipinski definition) is 0. The summed E-state index contributed by atoms with van der Waals surface area (Å²) in [6, 6.07) is 0. The Hall–Kier alpha value is -0.193. The van der Waals surface area contributed by atoms with Gasteiger partial charge < -0.3 is 0 Å². The van der Waals surface area contributed by atoms with Gasteiger partial charge in [-0.15, -0.1) is 23.7 Å². The molecule has 0 aromatic rings. The third-order valence-electron chi connectivity index (χ3n) is 2.48. The van der Waals surface area contributed by atoms with E-state index in [1.54, 1.807) is 0 Å². The predicted molar refractivity (Wildman–Crippen MR) is 62.6 cm³/mol. The number of alkyl halides is 1. The lowest BCUT2D eigenvalue weighted by atomic mass is 10.1. The maximum Gasteiger partial charge on any atom is 0.129 e. The zero-order valence-electron chi connectivity index (χ0n) is 8.87. The van der Waals surface area contributed by atoms with Crippen LogP contribution in [0.5, 0.6) is 0 Å². The summed E-state index contributed by atoms with van der Waals surface area (Å²) in [5.74, 6) is 3.22. The van der Waals surface area contributed by atoms with Gasteiger partial charge in [0.05, 0.1) is 0 Å². The molecule has 0 aliphatic heterocycles. The second-order valence-electron chi connectivity index (χ2n) is 5.10. The molecule has 1 saturated carbocycles. The highest BCUT2D eigenvalue weighted by molar-refractivity contribution is 6.84. The van der Waals surface area contributed by atoms with Crippen LogP contribution in [0.15, 0.2) is 12.7 Å². The van der Waals surface area contributed by atoms with Gasteiger partial charge in [0.2, 0.25) is 0 Å². The fourth-order valence-corrected chi connectivity index (χ4v) is 2.24. The van der Waals surface area contributed by atoms with Crippen molar-refractivity contribution in [3.05, 3.63) is 12.7 Å². The molecule has 13 heavy (non-hydrogen) atoms. The van der Waals surface area contributed by atoms with Crippen LogP contribution in [0, 0.1) is 16.9 Å². The first-order chi connectivity index (χ1) is 5.72. The van der Waals surface area contributed by atoms with E-state index in [2.05, 4.69) is 44.6 Å². The Labute approximate surface area is 87.4 Å². The van der Waals surface area contributed by atoms with E-state index in [0.717, 1.165) is 6.42 Å². The van der Waals surface area contributed by atoms with Crippen molar-refractivity contribution < 1.29 is 0 Å². The maximum absolute atomic E-state index is 6.34. The Morgan fingerprint density at radius 2 is 2.00 bits per heavy atom. The average Bonchev–Trinajstić information content (AvgIpc) is 2.52. The van der Waals surface area contributed by atoms with E-state index in [-0.39, 0.29) is 10.3 Å². The highest BCUT2D eigenvalue weighted by Gasteiger charge is 2.61. The van der Waals surface area contributed by atoms with Crippen molar-refractivity contribution in [2.45, 2.75) is 37.9 Å². The lowest BCUT2D eigenvalue weighted by Gasteiger charge is -2.08. The van der Waals surface area contributed by atoms with Crippen LogP contribution in [-0.2, 0) is 0 Å². The minimum absolute atomic E-state index is 0.0429. The molecule has 0 N–H and O–H groups in total. The Morgan fingerprint density at radius 1 is 1.46 bits per heavy atom. The molecule has 2 atom stereocenters. The molecule has 1 aliphatic carbocycles. The molecule has 0 nitrogen and oxygen atoms in total. The normalized spacial score (nSPS) is 37.6. The van der Waals surface area contributed by atoms with E-state index in [1.165, 1.54) is 0 Å². The van der Waals surface area contributed by atoms with E-state index in [0.29, 0.717) is 0 Å². The van der Waals surface area contributed by atoms with Crippen molar-refractivity contribution in [3.63, 3.8) is 0 Å². The lowest BCUT2D eigenvalue weighted by molar-refractivity contribution is 0.721. The van der Waals surface area contributed by atoms with Gasteiger partial charge in [0.15, 0.2) is 0 Å². The molecule has 0 heterocycles. The van der Waals surface area contributed by atoms with Gasteiger partial charge in [0.25, 0.3) is 0 Å². The standard InChI is InChI=1S/C11H17ClSi/c1-6-10(2)9-11(10,12)7-8-13(3,4)5/h6H,1,9H2,2-5H3. The van der Waals surface area contributed by atoms with Crippen LogP contribution in [-0.4, -0.2) is 12.9 Å². The molecule has 0 amide bonds. The highest BCUT2D eigenvalue weighted by atomic mass is 35.5. The van der Waals surface area contributed by atoms with Crippen molar-refractivity contribution in [1.82, 2.24) is 0 Å². The average molecular weight is 213 g/mol. The Balaban J connectivity index is 2.77. The van der Waals surface area contributed by atoms with E-state index in [1.807, 2.05) is 6.08 Å². The van der Waals surface area contributed by atoms with Crippen LogP contribution in [0.2, 0.25) is 19.6 Å². The number of allylic oxidation sites excluding steroid dienone is 1. The van der Waals surface area contributed by atoms with Gasteiger partial charge in [-0.3, -0.25) is 0 Å². The summed E-state index contributed by atoms with van der Waals surface area (Å²) >= 11 is 6.34. The molecule has 0 bridgehead atoms. The third-order valence-corrected chi connectivity index (χ3v) is 4.01. The topological polar surface area (TPSA) is 0 Å². The fourth-order valence-electron chi connectivity index (χ4n) is 1.17. The molecular weight excluding hydrogens is 196 g/mol.